The van der Waals surface area contributed by atoms with Crippen LogP contribution in [0.15, 0.2) is 171 Å². The molecule has 4 heterocycles. The summed E-state index contributed by atoms with van der Waals surface area (Å²) in [6.07, 6.45) is 9.93. The fourth-order valence-electron chi connectivity index (χ4n) is 8.35. The van der Waals surface area contributed by atoms with Crippen LogP contribution in [0.1, 0.15) is 0 Å². The highest BCUT2D eigenvalue weighted by molar-refractivity contribution is 6.27. The van der Waals surface area contributed by atoms with Crippen LogP contribution in [0.5, 0.6) is 0 Å². The first kappa shape index (κ1) is 33.6. The number of hydrogen-bond donors (Lipinski definition) is 0. The van der Waals surface area contributed by atoms with Gasteiger partial charge in [0.25, 0.3) is 0 Å². The Labute approximate surface area is 341 Å². The Bertz CT molecular complexity index is 3370. The van der Waals surface area contributed by atoms with Crippen molar-refractivity contribution in [1.82, 2.24) is 49.8 Å². The average molecular weight is 769 g/mol. The summed E-state index contributed by atoms with van der Waals surface area (Å²) in [7, 11) is 0. The van der Waals surface area contributed by atoms with Gasteiger partial charge in [-0.25, -0.2) is 49.8 Å². The van der Waals surface area contributed by atoms with E-state index in [9.17, 15) is 0 Å². The first-order chi connectivity index (χ1) is 29.7. The fourth-order valence-corrected chi connectivity index (χ4v) is 8.35. The molecule has 0 aliphatic heterocycles. The van der Waals surface area contributed by atoms with Gasteiger partial charge in [0.15, 0.2) is 34.9 Å². The Morgan fingerprint density at radius 2 is 0.600 bits per heavy atom. The van der Waals surface area contributed by atoms with Crippen LogP contribution in [0.25, 0.3) is 122 Å². The first-order valence-corrected chi connectivity index (χ1v) is 19.4. The summed E-state index contributed by atoms with van der Waals surface area (Å²) < 4.78 is 0. The molecule has 4 aromatic heterocycles. The van der Waals surface area contributed by atoms with Gasteiger partial charge in [0.2, 0.25) is 0 Å². The number of fused-ring (bicyclic) bond motifs is 2. The third-order valence-corrected chi connectivity index (χ3v) is 11.1. The Morgan fingerprint density at radius 1 is 0.250 bits per heavy atom. The third kappa shape index (κ3) is 5.50. The SMILES string of the molecule is c1ccc2c(-c3nc(-c4cncnc4)nc(-c4ccc5ccc6c(-c7nc(-c8cncnc8)nc(-c8cccc9ccccc89)n7)ccc7ccc4c5c76)n3)cccc2c1. The zero-order valence-corrected chi connectivity index (χ0v) is 31.6. The predicted octanol–water partition coefficient (Wildman–Crippen LogP) is 10.8. The van der Waals surface area contributed by atoms with Gasteiger partial charge >= 0.3 is 0 Å². The smallest absolute Gasteiger partial charge is 0.167 e. The summed E-state index contributed by atoms with van der Waals surface area (Å²) in [5.74, 6) is 3.23. The van der Waals surface area contributed by atoms with Gasteiger partial charge in [0, 0.05) is 47.0 Å². The van der Waals surface area contributed by atoms with Gasteiger partial charge in [-0.1, -0.05) is 121 Å². The van der Waals surface area contributed by atoms with Gasteiger partial charge in [-0.15, -0.1) is 0 Å². The van der Waals surface area contributed by atoms with Crippen LogP contribution < -0.4 is 0 Å². The summed E-state index contributed by atoms with van der Waals surface area (Å²) >= 11 is 0. The Hall–Kier alpha value is -8.50. The third-order valence-electron chi connectivity index (χ3n) is 11.1. The number of aromatic nitrogens is 10. The molecule has 10 nitrogen and oxygen atoms in total. The van der Waals surface area contributed by atoms with E-state index in [1.807, 2.05) is 36.4 Å². The second-order valence-electron chi connectivity index (χ2n) is 14.6. The lowest BCUT2D eigenvalue weighted by Crippen LogP contribution is -2.02. The molecule has 0 unspecified atom stereocenters. The molecule has 0 fully saturated rings. The topological polar surface area (TPSA) is 129 Å². The zero-order valence-electron chi connectivity index (χ0n) is 31.6. The number of nitrogens with zero attached hydrogens (tertiary/aromatic N) is 10. The molecule has 0 spiro atoms. The Kier molecular flexibility index (Phi) is 7.60. The quantitative estimate of drug-likeness (QED) is 0.151. The van der Waals surface area contributed by atoms with E-state index in [0.29, 0.717) is 46.1 Å². The van der Waals surface area contributed by atoms with Gasteiger partial charge in [0.05, 0.1) is 11.1 Å². The molecule has 8 aromatic carbocycles. The van der Waals surface area contributed by atoms with Crippen LogP contribution in [-0.4, -0.2) is 49.8 Å². The van der Waals surface area contributed by atoms with E-state index in [1.165, 1.54) is 12.7 Å². The van der Waals surface area contributed by atoms with Crippen LogP contribution in [0, 0.1) is 0 Å². The van der Waals surface area contributed by atoms with Gasteiger partial charge in [-0.2, -0.15) is 0 Å². The maximum absolute atomic E-state index is 5.20. The summed E-state index contributed by atoms with van der Waals surface area (Å²) in [5.41, 5.74) is 5.00. The van der Waals surface area contributed by atoms with E-state index >= 15 is 0 Å². The van der Waals surface area contributed by atoms with Gasteiger partial charge in [-0.05, 0) is 66.0 Å². The van der Waals surface area contributed by atoms with Crippen molar-refractivity contribution in [2.75, 3.05) is 0 Å². The summed E-state index contributed by atoms with van der Waals surface area (Å²) in [6, 6.07) is 46.1. The highest BCUT2D eigenvalue weighted by atomic mass is 15.0. The van der Waals surface area contributed by atoms with Crippen LogP contribution in [0.4, 0.5) is 0 Å². The van der Waals surface area contributed by atoms with E-state index < -0.39 is 0 Å². The molecule has 0 atom stereocenters. The minimum atomic E-state index is 0.493. The lowest BCUT2D eigenvalue weighted by Gasteiger charge is -2.17. The average Bonchev–Trinajstić information content (AvgIpc) is 3.33. The van der Waals surface area contributed by atoms with Crippen molar-refractivity contribution >= 4 is 53.9 Å². The highest BCUT2D eigenvalue weighted by Gasteiger charge is 2.21. The Morgan fingerprint density at radius 3 is 1.03 bits per heavy atom. The number of rotatable bonds is 6. The van der Waals surface area contributed by atoms with E-state index in [0.717, 1.165) is 76.1 Å². The second-order valence-corrected chi connectivity index (χ2v) is 14.6. The molecule has 278 valence electrons. The molecule has 0 aliphatic rings. The molecule has 60 heavy (non-hydrogen) atoms. The van der Waals surface area contributed by atoms with E-state index in [-0.39, 0.29) is 0 Å². The molecule has 10 heteroatoms. The molecule has 12 rings (SSSR count). The molecular weight excluding hydrogens is 741 g/mol. The van der Waals surface area contributed by atoms with Crippen LogP contribution in [-0.2, 0) is 0 Å². The van der Waals surface area contributed by atoms with Gasteiger partial charge in [-0.3, -0.25) is 0 Å². The molecule has 0 saturated heterocycles. The first-order valence-electron chi connectivity index (χ1n) is 19.4. The minimum absolute atomic E-state index is 0.493. The van der Waals surface area contributed by atoms with Crippen molar-refractivity contribution in [1.29, 1.82) is 0 Å². The van der Waals surface area contributed by atoms with Crippen molar-refractivity contribution in [2.45, 2.75) is 0 Å². The lowest BCUT2D eigenvalue weighted by molar-refractivity contribution is 1.06. The van der Waals surface area contributed by atoms with Gasteiger partial charge < -0.3 is 0 Å². The Balaban J connectivity index is 1.09. The molecule has 0 bridgehead atoms. The highest BCUT2D eigenvalue weighted by Crippen LogP contribution is 2.42. The van der Waals surface area contributed by atoms with Crippen LogP contribution in [0.3, 0.4) is 0 Å². The van der Waals surface area contributed by atoms with Crippen molar-refractivity contribution in [3.05, 3.63) is 171 Å². The molecule has 0 aliphatic carbocycles. The fraction of sp³-hybridized carbons (Fsp3) is 0. The zero-order chi connectivity index (χ0) is 39.6. The number of benzene rings is 8. The molecule has 0 N–H and O–H groups in total. The van der Waals surface area contributed by atoms with Crippen molar-refractivity contribution in [2.24, 2.45) is 0 Å². The summed E-state index contributed by atoms with van der Waals surface area (Å²) in [5, 5.41) is 10.7. The largest absolute Gasteiger partial charge is 0.244 e. The molecule has 0 saturated carbocycles. The molecular formula is C50H28N10. The van der Waals surface area contributed by atoms with E-state index in [4.69, 9.17) is 29.9 Å². The number of hydrogen-bond acceptors (Lipinski definition) is 10. The van der Waals surface area contributed by atoms with Crippen molar-refractivity contribution < 1.29 is 0 Å². The summed E-state index contributed by atoms with van der Waals surface area (Å²) in [4.78, 5) is 47.7. The van der Waals surface area contributed by atoms with E-state index in [1.54, 1.807) is 24.8 Å². The van der Waals surface area contributed by atoms with Gasteiger partial charge in [0.1, 0.15) is 12.7 Å². The van der Waals surface area contributed by atoms with Crippen molar-refractivity contribution in [3.8, 4) is 68.3 Å². The lowest BCUT2D eigenvalue weighted by atomic mass is 9.89. The molecule has 0 amide bonds. The molecule has 12 aromatic rings. The normalized spacial score (nSPS) is 11.7. The van der Waals surface area contributed by atoms with Crippen LogP contribution >= 0.6 is 0 Å². The predicted molar refractivity (Wildman–Crippen MR) is 236 cm³/mol. The van der Waals surface area contributed by atoms with Crippen molar-refractivity contribution in [3.63, 3.8) is 0 Å². The monoisotopic (exact) mass is 768 g/mol. The van der Waals surface area contributed by atoms with E-state index in [2.05, 4.69) is 117 Å². The maximum Gasteiger partial charge on any atom is 0.167 e. The molecule has 0 radical (unpaired) electrons. The standard InChI is InChI=1S/C50H28N10/c1-3-11-35-29(7-1)9-5-13-39(35)47-55-45(33-23-51-27-52-24-33)57-49(59-47)41-21-17-31-16-20-38-42(22-18-32-15-19-37(41)43(31)44(32)38)50-58-46(34-25-53-28-54-26-34)56-48(60-50)40-14-6-10-30-8-2-4-12-36(30)40/h1-28H. The summed E-state index contributed by atoms with van der Waals surface area (Å²) in [6.45, 7) is 0. The van der Waals surface area contributed by atoms with Crippen LogP contribution in [0.2, 0.25) is 0 Å². The second kappa shape index (κ2) is 13.6. The minimum Gasteiger partial charge on any atom is -0.244 e. The maximum atomic E-state index is 5.20.